The first-order valence-corrected chi connectivity index (χ1v) is 17.2. The number of nitrogens with zero attached hydrogens (tertiary/aromatic N) is 2. The Morgan fingerprint density at radius 2 is 1.84 bits per heavy atom. The van der Waals surface area contributed by atoms with Crippen LogP contribution >= 0.6 is 11.6 Å². The van der Waals surface area contributed by atoms with Gasteiger partial charge in [0, 0.05) is 40.5 Å². The second-order valence-corrected chi connectivity index (χ2v) is 13.4. The van der Waals surface area contributed by atoms with Crippen LogP contribution in [0.25, 0.3) is 0 Å². The van der Waals surface area contributed by atoms with Gasteiger partial charge in [0.25, 0.3) is 5.91 Å². The minimum Gasteiger partial charge on any atom is -0.497 e. The highest BCUT2D eigenvalue weighted by atomic mass is 35.5. The third-order valence-corrected chi connectivity index (χ3v) is 8.83. The monoisotopic (exact) mass is 620 g/mol. The third kappa shape index (κ3) is 7.26. The Bertz CT molecular complexity index is 1500. The minimum absolute atomic E-state index is 0.0564. The van der Waals surface area contributed by atoms with Gasteiger partial charge in [0.1, 0.15) is 11.9 Å². The molecule has 3 aromatic carbocycles. The normalized spacial score (nSPS) is 19.9. The number of hydrogen-bond acceptors (Lipinski definition) is 8. The van der Waals surface area contributed by atoms with Crippen molar-refractivity contribution in [2.45, 2.75) is 44.3 Å². The van der Waals surface area contributed by atoms with E-state index in [4.69, 9.17) is 21.3 Å². The molecule has 5 rings (SSSR count). The fraction of sp³-hybridized carbons (Fsp3) is 0.323. The Hall–Kier alpha value is -3.74. The Kier molecular flexibility index (Phi) is 9.78. The highest BCUT2D eigenvalue weighted by Gasteiger charge is 2.40. The zero-order chi connectivity index (χ0) is 30.5. The lowest BCUT2D eigenvalue weighted by atomic mass is 9.99. The highest BCUT2D eigenvalue weighted by Crippen LogP contribution is 2.36. The van der Waals surface area contributed by atoms with E-state index in [9.17, 15) is 14.4 Å². The molecule has 2 amide bonds. The maximum atomic E-state index is 13.2. The lowest BCUT2D eigenvalue weighted by molar-refractivity contribution is -0.121. The quantitative estimate of drug-likeness (QED) is 0.174. The van der Waals surface area contributed by atoms with Gasteiger partial charge in [0.15, 0.2) is 9.04 Å². The number of anilines is 1. The molecule has 0 bridgehead atoms. The van der Waals surface area contributed by atoms with E-state index in [0.717, 1.165) is 28.1 Å². The fourth-order valence-electron chi connectivity index (χ4n) is 5.51. The Labute approximate surface area is 258 Å². The summed E-state index contributed by atoms with van der Waals surface area (Å²) in [4.78, 5) is 43.0. The first-order valence-electron chi connectivity index (χ1n) is 14.4. The number of fused-ring (bicyclic) bond motifs is 3. The largest absolute Gasteiger partial charge is 0.497 e. The standard InChI is InChI=1S/C31H37ClN6O4Si/c1-19-36-37-30-26(17-28(39)33-13-14-34-31(40)22-6-4-5-20(15-22)18-43(3)41)35-29(21-7-9-23(32)10-8-21)25-16-24(42-2)11-12-27(25)38(19)30/h4-12,15-16,19,26,30,36-37,41,43H,13-14,17-18H2,1-3H3,(H,33,39)(H,34,40). The molecule has 1 fully saturated rings. The fourth-order valence-corrected chi connectivity index (χ4v) is 6.57. The van der Waals surface area contributed by atoms with Crippen molar-refractivity contribution in [3.8, 4) is 5.75 Å². The van der Waals surface area contributed by atoms with Crippen LogP contribution in [-0.4, -0.2) is 69.9 Å². The minimum atomic E-state index is -1.77. The van der Waals surface area contributed by atoms with E-state index in [0.29, 0.717) is 22.4 Å². The first-order chi connectivity index (χ1) is 20.7. The number of rotatable bonds is 10. The summed E-state index contributed by atoms with van der Waals surface area (Å²) in [6, 6.07) is 20.9. The van der Waals surface area contributed by atoms with Crippen LogP contribution in [0.2, 0.25) is 11.6 Å². The number of methoxy groups -OCH3 is 1. The molecular formula is C31H37ClN6O4Si. The van der Waals surface area contributed by atoms with Gasteiger partial charge in [-0.3, -0.25) is 14.6 Å². The lowest BCUT2D eigenvalue weighted by Gasteiger charge is -2.31. The molecule has 0 radical (unpaired) electrons. The van der Waals surface area contributed by atoms with Crippen LogP contribution in [0.4, 0.5) is 5.69 Å². The number of ether oxygens (including phenoxy) is 1. The van der Waals surface area contributed by atoms with Crippen LogP contribution in [0, 0.1) is 0 Å². The van der Waals surface area contributed by atoms with Gasteiger partial charge in [-0.05, 0) is 67.5 Å². The number of hydrogen-bond donors (Lipinski definition) is 5. The molecule has 43 heavy (non-hydrogen) atoms. The zero-order valence-electron chi connectivity index (χ0n) is 24.4. The molecule has 4 atom stereocenters. The number of hydrazine groups is 1. The summed E-state index contributed by atoms with van der Waals surface area (Å²) in [6.45, 7) is 4.46. The predicted molar refractivity (Wildman–Crippen MR) is 171 cm³/mol. The second kappa shape index (κ2) is 13.7. The number of halogens is 1. The van der Waals surface area contributed by atoms with Crippen molar-refractivity contribution < 1.29 is 19.1 Å². The van der Waals surface area contributed by atoms with Gasteiger partial charge in [-0.25, -0.2) is 10.9 Å². The highest BCUT2D eigenvalue weighted by molar-refractivity contribution is 6.48. The van der Waals surface area contributed by atoms with Gasteiger partial charge < -0.3 is 25.1 Å². The van der Waals surface area contributed by atoms with Gasteiger partial charge in [-0.15, -0.1) is 0 Å². The molecular weight excluding hydrogens is 584 g/mol. The molecule has 12 heteroatoms. The SMILES string of the molecule is COc1ccc2c(c1)C(c1ccc(Cl)cc1)=NC(CC(=O)NCCNC(=O)c1cccc(C[SiH](C)O)c1)C1NNC(C)N21. The summed E-state index contributed by atoms with van der Waals surface area (Å²) in [5, 5.41) is 6.42. The molecule has 2 aliphatic rings. The maximum Gasteiger partial charge on any atom is 0.251 e. The van der Waals surface area contributed by atoms with Crippen LogP contribution in [0.3, 0.4) is 0 Å². The third-order valence-electron chi connectivity index (χ3n) is 7.52. The number of amides is 2. The molecule has 0 spiro atoms. The van der Waals surface area contributed by atoms with Crippen LogP contribution < -0.4 is 31.1 Å². The molecule has 0 aliphatic carbocycles. The molecule has 4 unspecified atom stereocenters. The summed E-state index contributed by atoms with van der Waals surface area (Å²) in [5.41, 5.74) is 11.6. The van der Waals surface area contributed by atoms with E-state index >= 15 is 0 Å². The molecule has 0 aromatic heterocycles. The molecule has 2 aliphatic heterocycles. The average Bonchev–Trinajstić information content (AvgIpc) is 3.32. The summed E-state index contributed by atoms with van der Waals surface area (Å²) in [6.07, 6.45) is -0.210. The molecule has 2 heterocycles. The molecule has 0 saturated carbocycles. The van der Waals surface area contributed by atoms with Crippen molar-refractivity contribution in [1.82, 2.24) is 21.5 Å². The van der Waals surface area contributed by atoms with E-state index in [2.05, 4.69) is 33.3 Å². The van der Waals surface area contributed by atoms with Crippen LogP contribution in [-0.2, 0) is 10.8 Å². The summed E-state index contributed by atoms with van der Waals surface area (Å²) in [7, 11) is -0.141. The van der Waals surface area contributed by atoms with Crippen LogP contribution in [0.15, 0.2) is 71.7 Å². The number of benzene rings is 3. The Balaban J connectivity index is 1.30. The number of aliphatic imine (C=N–C) groups is 1. The molecule has 226 valence electrons. The van der Waals surface area contributed by atoms with Gasteiger partial charge in [0.2, 0.25) is 5.91 Å². The summed E-state index contributed by atoms with van der Waals surface area (Å²) >= 11 is 6.19. The van der Waals surface area contributed by atoms with E-state index in [-0.39, 0.29) is 43.7 Å². The molecule has 5 N–H and O–H groups in total. The molecule has 10 nitrogen and oxygen atoms in total. The van der Waals surface area contributed by atoms with E-state index < -0.39 is 15.1 Å². The van der Waals surface area contributed by atoms with Crippen molar-refractivity contribution in [1.29, 1.82) is 0 Å². The maximum absolute atomic E-state index is 13.2. The zero-order valence-corrected chi connectivity index (χ0v) is 26.3. The predicted octanol–water partition coefficient (Wildman–Crippen LogP) is 2.52. The summed E-state index contributed by atoms with van der Waals surface area (Å²) < 4.78 is 5.55. The lowest BCUT2D eigenvalue weighted by Crippen LogP contribution is -2.48. The van der Waals surface area contributed by atoms with Crippen LogP contribution in [0.5, 0.6) is 5.75 Å². The average molecular weight is 621 g/mol. The van der Waals surface area contributed by atoms with Crippen molar-refractivity contribution in [3.05, 3.63) is 94.0 Å². The number of nitrogens with one attached hydrogen (secondary N) is 4. The smallest absolute Gasteiger partial charge is 0.251 e. The Morgan fingerprint density at radius 1 is 1.07 bits per heavy atom. The van der Waals surface area contributed by atoms with Gasteiger partial charge in [-0.1, -0.05) is 35.9 Å². The first kappa shape index (κ1) is 30.7. The number of carbonyl (C=O) groups excluding carboxylic acids is 2. The van der Waals surface area contributed by atoms with Crippen molar-refractivity contribution in [2.24, 2.45) is 4.99 Å². The molecule has 1 saturated heterocycles. The van der Waals surface area contributed by atoms with E-state index in [1.54, 1.807) is 19.2 Å². The summed E-state index contributed by atoms with van der Waals surface area (Å²) in [5.74, 6) is 0.315. The topological polar surface area (TPSA) is 127 Å². The van der Waals surface area contributed by atoms with Crippen molar-refractivity contribution in [2.75, 3.05) is 25.1 Å². The van der Waals surface area contributed by atoms with Crippen molar-refractivity contribution in [3.63, 3.8) is 0 Å². The molecule has 3 aromatic rings. The van der Waals surface area contributed by atoms with Crippen molar-refractivity contribution >= 4 is 43.9 Å². The van der Waals surface area contributed by atoms with Gasteiger partial charge >= 0.3 is 0 Å². The van der Waals surface area contributed by atoms with E-state index in [1.807, 2.05) is 61.1 Å². The van der Waals surface area contributed by atoms with Crippen LogP contribution in [0.1, 0.15) is 40.4 Å². The van der Waals surface area contributed by atoms with Gasteiger partial charge in [-0.2, -0.15) is 0 Å². The Morgan fingerprint density at radius 3 is 2.58 bits per heavy atom. The second-order valence-electron chi connectivity index (χ2n) is 10.8. The van der Waals surface area contributed by atoms with Gasteiger partial charge in [0.05, 0.1) is 31.4 Å². The van der Waals surface area contributed by atoms with E-state index in [1.165, 1.54) is 0 Å². The number of carbonyl (C=O) groups is 2.